The molecule has 0 heterocycles. The van der Waals surface area contributed by atoms with Crippen molar-refractivity contribution in [3.8, 4) is 0 Å². The largest absolute Gasteiger partial charge is 0.349 e. The lowest BCUT2D eigenvalue weighted by Crippen LogP contribution is -2.28. The van der Waals surface area contributed by atoms with Crippen molar-refractivity contribution in [2.24, 2.45) is 0 Å². The summed E-state index contributed by atoms with van der Waals surface area (Å²) in [4.78, 5) is 12.2. The number of halogens is 1. The van der Waals surface area contributed by atoms with E-state index in [1.807, 2.05) is 13.0 Å². The summed E-state index contributed by atoms with van der Waals surface area (Å²) in [6.45, 7) is 2.02. The first-order valence-electron chi connectivity index (χ1n) is 8.85. The van der Waals surface area contributed by atoms with E-state index < -0.39 is 0 Å². The Bertz CT molecular complexity index is 746. The highest BCUT2D eigenvalue weighted by Crippen LogP contribution is 2.25. The third-order valence-corrected chi connectivity index (χ3v) is 5.68. The first kappa shape index (κ1) is 18.0. The normalized spacial score (nSPS) is 14.6. The number of thioether (sulfide) groups is 1. The molecular weight excluding hydrogens is 333 g/mol. The maximum Gasteiger partial charge on any atom is 0.230 e. The van der Waals surface area contributed by atoms with E-state index in [0.717, 1.165) is 12.0 Å². The van der Waals surface area contributed by atoms with Crippen molar-refractivity contribution in [3.05, 3.63) is 70.5 Å². The lowest BCUT2D eigenvalue weighted by molar-refractivity contribution is -0.119. The molecule has 0 saturated heterocycles. The van der Waals surface area contributed by atoms with E-state index in [4.69, 9.17) is 0 Å². The minimum atomic E-state index is -0.210. The highest BCUT2D eigenvalue weighted by atomic mass is 32.2. The molecule has 1 amide bonds. The number of fused-ring (bicyclic) bond motifs is 1. The predicted octanol–water partition coefficient (Wildman–Crippen LogP) is 4.82. The van der Waals surface area contributed by atoms with E-state index in [2.05, 4.69) is 23.5 Å². The summed E-state index contributed by atoms with van der Waals surface area (Å²) < 4.78 is 13.6. The standard InChI is InChI=1S/C21H24FNOS/c1-15(17-11-10-16-6-2-3-7-18(16)12-17)23-21(24)14-25-13-19-8-4-5-9-20(19)22/h4-5,8-12,15H,2-3,6-7,13-14H2,1H3,(H,23,24)/t15-/m1/s1. The Labute approximate surface area is 153 Å². The molecule has 0 unspecified atom stereocenters. The van der Waals surface area contributed by atoms with Gasteiger partial charge in [0.2, 0.25) is 5.91 Å². The van der Waals surface area contributed by atoms with Crippen LogP contribution in [-0.4, -0.2) is 11.7 Å². The topological polar surface area (TPSA) is 29.1 Å². The van der Waals surface area contributed by atoms with Gasteiger partial charge in [-0.15, -0.1) is 11.8 Å². The minimum absolute atomic E-state index is 0.00575. The fourth-order valence-electron chi connectivity index (χ4n) is 3.26. The summed E-state index contributed by atoms with van der Waals surface area (Å²) in [5.41, 5.74) is 4.68. The number of benzene rings is 2. The Balaban J connectivity index is 1.50. The van der Waals surface area contributed by atoms with Crippen molar-refractivity contribution in [2.45, 2.75) is 44.4 Å². The smallest absolute Gasteiger partial charge is 0.230 e. The Kier molecular flexibility index (Phi) is 6.14. The van der Waals surface area contributed by atoms with Crippen LogP contribution < -0.4 is 5.32 Å². The molecule has 1 N–H and O–H groups in total. The zero-order valence-electron chi connectivity index (χ0n) is 14.6. The van der Waals surface area contributed by atoms with Gasteiger partial charge in [0.05, 0.1) is 11.8 Å². The summed E-state index contributed by atoms with van der Waals surface area (Å²) >= 11 is 1.44. The minimum Gasteiger partial charge on any atom is -0.349 e. The Morgan fingerprint density at radius 2 is 1.92 bits per heavy atom. The zero-order valence-corrected chi connectivity index (χ0v) is 15.4. The molecule has 4 heteroatoms. The van der Waals surface area contributed by atoms with Gasteiger partial charge in [-0.25, -0.2) is 4.39 Å². The average molecular weight is 357 g/mol. The van der Waals surface area contributed by atoms with Crippen molar-refractivity contribution < 1.29 is 9.18 Å². The lowest BCUT2D eigenvalue weighted by Gasteiger charge is -2.20. The molecule has 0 bridgehead atoms. The van der Waals surface area contributed by atoms with Crippen LogP contribution >= 0.6 is 11.8 Å². The van der Waals surface area contributed by atoms with Crippen molar-refractivity contribution in [1.82, 2.24) is 5.32 Å². The maximum absolute atomic E-state index is 13.6. The van der Waals surface area contributed by atoms with E-state index >= 15 is 0 Å². The number of aryl methyl sites for hydroxylation is 2. The molecule has 0 spiro atoms. The first-order chi connectivity index (χ1) is 12.1. The molecule has 0 fully saturated rings. The molecule has 2 nitrogen and oxygen atoms in total. The van der Waals surface area contributed by atoms with Gasteiger partial charge in [0.25, 0.3) is 0 Å². The molecule has 25 heavy (non-hydrogen) atoms. The summed E-state index contributed by atoms with van der Waals surface area (Å²) in [6.07, 6.45) is 4.84. The SMILES string of the molecule is C[C@@H](NC(=O)CSCc1ccccc1F)c1ccc2c(c1)CCCC2. The highest BCUT2D eigenvalue weighted by Gasteiger charge is 2.14. The predicted molar refractivity (Wildman–Crippen MR) is 102 cm³/mol. The number of amides is 1. The molecule has 0 aromatic heterocycles. The third kappa shape index (κ3) is 4.85. The molecule has 0 aliphatic heterocycles. The summed E-state index contributed by atoms with van der Waals surface area (Å²) in [5, 5.41) is 3.05. The van der Waals surface area contributed by atoms with Crippen LogP contribution in [0, 0.1) is 5.82 Å². The molecule has 2 aromatic carbocycles. The van der Waals surface area contributed by atoms with Crippen LogP contribution in [0.4, 0.5) is 4.39 Å². The quantitative estimate of drug-likeness (QED) is 0.803. The highest BCUT2D eigenvalue weighted by molar-refractivity contribution is 7.99. The molecule has 132 valence electrons. The van der Waals surface area contributed by atoms with Crippen LogP contribution in [0.15, 0.2) is 42.5 Å². The molecule has 0 radical (unpaired) electrons. The van der Waals surface area contributed by atoms with E-state index in [1.54, 1.807) is 12.1 Å². The number of hydrogen-bond acceptors (Lipinski definition) is 2. The Morgan fingerprint density at radius 1 is 1.16 bits per heavy atom. The van der Waals surface area contributed by atoms with Gasteiger partial charge >= 0.3 is 0 Å². The van der Waals surface area contributed by atoms with E-state index in [1.165, 1.54) is 48.2 Å². The second-order valence-corrected chi connectivity index (χ2v) is 7.59. The number of carbonyl (C=O) groups is 1. The van der Waals surface area contributed by atoms with E-state index in [-0.39, 0.29) is 17.8 Å². The summed E-state index contributed by atoms with van der Waals surface area (Å²) in [5.74, 6) is 0.626. The zero-order chi connectivity index (χ0) is 17.6. The first-order valence-corrected chi connectivity index (χ1v) is 10.0. The summed E-state index contributed by atoms with van der Waals surface area (Å²) in [7, 11) is 0. The van der Waals surface area contributed by atoms with Crippen LogP contribution in [0.25, 0.3) is 0 Å². The molecule has 0 saturated carbocycles. The molecule has 3 rings (SSSR count). The molecule has 1 aliphatic rings. The second-order valence-electron chi connectivity index (χ2n) is 6.61. The Hall–Kier alpha value is -1.81. The van der Waals surface area contributed by atoms with Gasteiger partial charge in [0, 0.05) is 5.75 Å². The van der Waals surface area contributed by atoms with E-state index in [0.29, 0.717) is 17.1 Å². The van der Waals surface area contributed by atoms with Crippen LogP contribution in [0.3, 0.4) is 0 Å². The average Bonchev–Trinajstić information content (AvgIpc) is 2.63. The van der Waals surface area contributed by atoms with Gasteiger partial charge in [-0.3, -0.25) is 4.79 Å². The maximum atomic E-state index is 13.6. The molecule has 2 aromatic rings. The number of nitrogens with one attached hydrogen (secondary N) is 1. The van der Waals surface area contributed by atoms with Gasteiger partial charge in [-0.1, -0.05) is 36.4 Å². The third-order valence-electron chi connectivity index (χ3n) is 4.70. The fraction of sp³-hybridized carbons (Fsp3) is 0.381. The van der Waals surface area contributed by atoms with Gasteiger partial charge in [0.1, 0.15) is 5.82 Å². The summed E-state index contributed by atoms with van der Waals surface area (Å²) in [6, 6.07) is 13.3. The van der Waals surface area contributed by atoms with E-state index in [9.17, 15) is 9.18 Å². The lowest BCUT2D eigenvalue weighted by atomic mass is 9.89. The molecule has 1 atom stereocenters. The van der Waals surface area contributed by atoms with Crippen LogP contribution in [0.1, 0.15) is 48.1 Å². The number of hydrogen-bond donors (Lipinski definition) is 1. The van der Waals surface area contributed by atoms with Crippen molar-refractivity contribution >= 4 is 17.7 Å². The van der Waals surface area contributed by atoms with Gasteiger partial charge in [0.15, 0.2) is 0 Å². The fourth-order valence-corrected chi connectivity index (χ4v) is 4.08. The van der Waals surface area contributed by atoms with Crippen molar-refractivity contribution in [2.75, 3.05) is 5.75 Å². The van der Waals surface area contributed by atoms with Gasteiger partial charge < -0.3 is 5.32 Å². The monoisotopic (exact) mass is 357 g/mol. The van der Waals surface area contributed by atoms with Crippen molar-refractivity contribution in [1.29, 1.82) is 0 Å². The number of rotatable bonds is 6. The molecular formula is C21H24FNOS. The van der Waals surface area contributed by atoms with Gasteiger partial charge in [-0.2, -0.15) is 0 Å². The van der Waals surface area contributed by atoms with Crippen molar-refractivity contribution in [3.63, 3.8) is 0 Å². The number of carbonyl (C=O) groups excluding carboxylic acids is 1. The van der Waals surface area contributed by atoms with Crippen LogP contribution in [0.2, 0.25) is 0 Å². The Morgan fingerprint density at radius 3 is 2.72 bits per heavy atom. The van der Waals surface area contributed by atoms with Crippen LogP contribution in [0.5, 0.6) is 0 Å². The van der Waals surface area contributed by atoms with Gasteiger partial charge in [-0.05, 0) is 60.9 Å². The van der Waals surface area contributed by atoms with Crippen LogP contribution in [-0.2, 0) is 23.4 Å². The molecule has 1 aliphatic carbocycles. The second kappa shape index (κ2) is 8.52.